The Kier molecular flexibility index (Phi) is 4.59. The predicted molar refractivity (Wildman–Crippen MR) is 88.2 cm³/mol. The summed E-state index contributed by atoms with van der Waals surface area (Å²) in [7, 11) is 1.59. The zero-order chi connectivity index (χ0) is 16.9. The van der Waals surface area contributed by atoms with E-state index in [4.69, 9.17) is 14.2 Å². The van der Waals surface area contributed by atoms with Gasteiger partial charge in [0, 0.05) is 18.4 Å². The first kappa shape index (κ1) is 15.8. The van der Waals surface area contributed by atoms with Gasteiger partial charge in [-0.15, -0.1) is 0 Å². The van der Waals surface area contributed by atoms with E-state index in [0.717, 1.165) is 22.6 Å². The van der Waals surface area contributed by atoms with Crippen molar-refractivity contribution in [3.8, 4) is 17.6 Å². The number of hydrazone groups is 1. The van der Waals surface area contributed by atoms with Gasteiger partial charge in [-0.3, -0.25) is 5.43 Å². The van der Waals surface area contributed by atoms with Crippen LogP contribution in [0.3, 0.4) is 0 Å². The third-order valence-electron chi connectivity index (χ3n) is 3.42. The number of nitrogens with zero attached hydrogens (tertiary/aromatic N) is 3. The second kappa shape index (κ2) is 6.98. The lowest BCUT2D eigenvalue weighted by atomic mass is 10.1. The molecule has 2 aromatic rings. The van der Waals surface area contributed by atoms with E-state index in [-0.39, 0.29) is 6.79 Å². The van der Waals surface area contributed by atoms with Crippen molar-refractivity contribution in [2.45, 2.75) is 13.5 Å². The quantitative estimate of drug-likeness (QED) is 0.672. The molecule has 1 aliphatic rings. The van der Waals surface area contributed by atoms with Crippen LogP contribution in [0.25, 0.3) is 0 Å². The molecule has 0 amide bonds. The second-order valence-corrected chi connectivity index (χ2v) is 5.17. The summed E-state index contributed by atoms with van der Waals surface area (Å²) in [5.41, 5.74) is 5.64. The Balaban J connectivity index is 1.80. The maximum Gasteiger partial charge on any atom is 0.231 e. The van der Waals surface area contributed by atoms with Gasteiger partial charge in [0.1, 0.15) is 11.6 Å². The molecule has 122 valence electrons. The number of hydrogen-bond donors (Lipinski definition) is 1. The van der Waals surface area contributed by atoms with Gasteiger partial charge in [-0.1, -0.05) is 0 Å². The Labute approximate surface area is 139 Å². The van der Waals surface area contributed by atoms with Crippen molar-refractivity contribution in [1.29, 1.82) is 5.26 Å². The predicted octanol–water partition coefficient (Wildman–Crippen LogP) is 2.58. The van der Waals surface area contributed by atoms with Crippen molar-refractivity contribution in [3.63, 3.8) is 0 Å². The highest BCUT2D eigenvalue weighted by molar-refractivity contribution is 5.81. The minimum Gasteiger partial charge on any atom is -0.454 e. The van der Waals surface area contributed by atoms with Crippen LogP contribution in [0.15, 0.2) is 29.4 Å². The molecule has 1 aromatic heterocycles. The monoisotopic (exact) mass is 324 g/mol. The number of ether oxygens (including phenoxy) is 3. The van der Waals surface area contributed by atoms with Crippen LogP contribution in [0.1, 0.15) is 22.4 Å². The van der Waals surface area contributed by atoms with Crippen molar-refractivity contribution in [2.75, 3.05) is 19.3 Å². The highest BCUT2D eigenvalue weighted by Gasteiger charge is 2.13. The van der Waals surface area contributed by atoms with E-state index in [2.05, 4.69) is 21.6 Å². The average Bonchev–Trinajstić information content (AvgIpc) is 3.03. The highest BCUT2D eigenvalue weighted by Crippen LogP contribution is 2.32. The second-order valence-electron chi connectivity index (χ2n) is 5.17. The summed E-state index contributed by atoms with van der Waals surface area (Å²) in [4.78, 5) is 4.33. The number of pyridine rings is 1. The Morgan fingerprint density at radius 3 is 3.00 bits per heavy atom. The molecule has 0 saturated heterocycles. The third-order valence-corrected chi connectivity index (χ3v) is 3.42. The summed E-state index contributed by atoms with van der Waals surface area (Å²) in [6.07, 6.45) is 1.63. The molecule has 0 fully saturated rings. The van der Waals surface area contributed by atoms with Crippen LogP contribution in [0, 0.1) is 18.3 Å². The summed E-state index contributed by atoms with van der Waals surface area (Å²) in [5, 5.41) is 13.5. The molecule has 24 heavy (non-hydrogen) atoms. The van der Waals surface area contributed by atoms with Gasteiger partial charge in [0.25, 0.3) is 0 Å². The van der Waals surface area contributed by atoms with Crippen LogP contribution < -0.4 is 14.9 Å². The van der Waals surface area contributed by atoms with Gasteiger partial charge in [-0.2, -0.15) is 10.4 Å². The molecule has 0 aliphatic carbocycles. The van der Waals surface area contributed by atoms with Crippen molar-refractivity contribution < 1.29 is 14.2 Å². The molecule has 0 unspecified atom stereocenters. The molecule has 0 bridgehead atoms. The zero-order valence-electron chi connectivity index (χ0n) is 13.4. The van der Waals surface area contributed by atoms with E-state index in [1.165, 1.54) is 0 Å². The number of fused-ring (bicyclic) bond motifs is 1. The first-order valence-corrected chi connectivity index (χ1v) is 7.29. The van der Waals surface area contributed by atoms with Gasteiger partial charge in [-0.05, 0) is 36.8 Å². The number of aromatic nitrogens is 1. The van der Waals surface area contributed by atoms with Gasteiger partial charge in [0.15, 0.2) is 17.3 Å². The van der Waals surface area contributed by atoms with Crippen LogP contribution in [-0.4, -0.2) is 25.1 Å². The fraction of sp³-hybridized carbons (Fsp3) is 0.235. The molecular weight excluding hydrogens is 308 g/mol. The minimum absolute atomic E-state index is 0.231. The number of hydrogen-bond acceptors (Lipinski definition) is 7. The zero-order valence-corrected chi connectivity index (χ0v) is 13.4. The molecule has 0 spiro atoms. The molecule has 1 aromatic carbocycles. The Morgan fingerprint density at radius 1 is 1.38 bits per heavy atom. The summed E-state index contributed by atoms with van der Waals surface area (Å²) in [6.45, 7) is 2.43. The number of nitrogens with one attached hydrogen (secondary N) is 1. The van der Waals surface area contributed by atoms with E-state index in [1.54, 1.807) is 13.3 Å². The SMILES string of the molecule is COCc1cc(C)nc(N/N=C\c2ccc3c(c2)OCO3)c1C#N. The van der Waals surface area contributed by atoms with Crippen LogP contribution in [-0.2, 0) is 11.3 Å². The number of nitriles is 1. The lowest BCUT2D eigenvalue weighted by molar-refractivity contribution is 0.174. The van der Waals surface area contributed by atoms with Gasteiger partial charge >= 0.3 is 0 Å². The fourth-order valence-electron chi connectivity index (χ4n) is 2.38. The van der Waals surface area contributed by atoms with Gasteiger partial charge < -0.3 is 14.2 Å². The molecule has 0 saturated carbocycles. The largest absolute Gasteiger partial charge is 0.454 e. The number of methoxy groups -OCH3 is 1. The van der Waals surface area contributed by atoms with Crippen LogP contribution in [0.4, 0.5) is 5.82 Å². The number of anilines is 1. The van der Waals surface area contributed by atoms with Crippen LogP contribution in [0.2, 0.25) is 0 Å². The fourth-order valence-corrected chi connectivity index (χ4v) is 2.38. The molecular formula is C17H16N4O3. The van der Waals surface area contributed by atoms with E-state index in [1.807, 2.05) is 31.2 Å². The minimum atomic E-state index is 0.231. The molecule has 3 rings (SSSR count). The van der Waals surface area contributed by atoms with Crippen LogP contribution in [0.5, 0.6) is 11.5 Å². The number of rotatable bonds is 5. The smallest absolute Gasteiger partial charge is 0.231 e. The van der Waals surface area contributed by atoms with Gasteiger partial charge in [0.05, 0.1) is 12.8 Å². The topological polar surface area (TPSA) is 88.8 Å². The standard InChI is InChI=1S/C17H16N4O3/c1-11-5-13(9-22-2)14(7-18)17(20-11)21-19-8-12-3-4-15-16(6-12)24-10-23-15/h3-6,8H,9-10H2,1-2H3,(H,20,21)/b19-8-. The summed E-state index contributed by atoms with van der Waals surface area (Å²) < 4.78 is 15.7. The molecule has 2 heterocycles. The molecule has 1 aliphatic heterocycles. The molecule has 7 nitrogen and oxygen atoms in total. The van der Waals surface area contributed by atoms with Gasteiger partial charge in [0.2, 0.25) is 6.79 Å². The summed E-state index contributed by atoms with van der Waals surface area (Å²) in [6, 6.07) is 9.49. The van der Waals surface area contributed by atoms with Crippen molar-refractivity contribution in [2.24, 2.45) is 5.10 Å². The van der Waals surface area contributed by atoms with E-state index >= 15 is 0 Å². The van der Waals surface area contributed by atoms with E-state index in [0.29, 0.717) is 23.7 Å². The molecule has 0 atom stereocenters. The average molecular weight is 324 g/mol. The Bertz CT molecular complexity index is 827. The summed E-state index contributed by atoms with van der Waals surface area (Å²) in [5.74, 6) is 1.81. The van der Waals surface area contributed by atoms with Crippen molar-refractivity contribution in [3.05, 3.63) is 46.6 Å². The Morgan fingerprint density at radius 2 is 2.21 bits per heavy atom. The third kappa shape index (κ3) is 3.29. The lowest BCUT2D eigenvalue weighted by Crippen LogP contribution is -2.03. The van der Waals surface area contributed by atoms with Crippen LogP contribution >= 0.6 is 0 Å². The van der Waals surface area contributed by atoms with E-state index < -0.39 is 0 Å². The Hall–Kier alpha value is -3.11. The highest BCUT2D eigenvalue weighted by atomic mass is 16.7. The number of aryl methyl sites for hydroxylation is 1. The first-order chi connectivity index (χ1) is 11.7. The lowest BCUT2D eigenvalue weighted by Gasteiger charge is -2.09. The normalized spacial score (nSPS) is 12.4. The maximum absolute atomic E-state index is 9.37. The molecule has 7 heteroatoms. The number of benzene rings is 1. The van der Waals surface area contributed by atoms with Gasteiger partial charge in [-0.25, -0.2) is 4.98 Å². The molecule has 0 radical (unpaired) electrons. The molecule has 1 N–H and O–H groups in total. The van der Waals surface area contributed by atoms with Crippen molar-refractivity contribution in [1.82, 2.24) is 4.98 Å². The first-order valence-electron chi connectivity index (χ1n) is 7.29. The maximum atomic E-state index is 9.37. The summed E-state index contributed by atoms with van der Waals surface area (Å²) >= 11 is 0. The van der Waals surface area contributed by atoms with E-state index in [9.17, 15) is 5.26 Å². The van der Waals surface area contributed by atoms with Crippen molar-refractivity contribution >= 4 is 12.0 Å².